The smallest absolute Gasteiger partial charge is 0.268 e. The van der Waals surface area contributed by atoms with Gasteiger partial charge in [-0.05, 0) is 42.8 Å². The summed E-state index contributed by atoms with van der Waals surface area (Å²) in [6.45, 7) is 1.83. The minimum atomic E-state index is -0.895. The van der Waals surface area contributed by atoms with Gasteiger partial charge in [-0.1, -0.05) is 30.3 Å². The second-order valence-corrected chi connectivity index (χ2v) is 7.78. The van der Waals surface area contributed by atoms with E-state index in [1.54, 1.807) is 53.0 Å². The van der Waals surface area contributed by atoms with Crippen LogP contribution in [-0.4, -0.2) is 25.1 Å². The zero-order chi connectivity index (χ0) is 24.0. The first-order valence-electron chi connectivity index (χ1n) is 10.4. The predicted molar refractivity (Wildman–Crippen MR) is 127 cm³/mol. The molecule has 3 aromatic heterocycles. The standard InChI is InChI=1S/C25H19FN6O2/c1-14-11-19(22-23(27)29-13-30-32(14)22)18-8-7-15(12-20(18)26)17-9-10-31(16-5-3-2-4-6-16)25(34)21(17)24(28)33/h2-13H,1H3,(H2,28,33)(H2,27,29,30). The molecule has 5 aromatic rings. The highest BCUT2D eigenvalue weighted by Gasteiger charge is 2.20. The number of aryl methyl sites for hydroxylation is 1. The predicted octanol–water partition coefficient (Wildman–Crippen LogP) is 3.34. The highest BCUT2D eigenvalue weighted by molar-refractivity contribution is 6.00. The van der Waals surface area contributed by atoms with Crippen LogP contribution in [0.3, 0.4) is 0 Å². The summed E-state index contributed by atoms with van der Waals surface area (Å²) in [4.78, 5) is 29.4. The first kappa shape index (κ1) is 21.1. The molecular formula is C25H19FN6O2. The molecule has 0 saturated carbocycles. The third kappa shape index (κ3) is 3.30. The summed E-state index contributed by atoms with van der Waals surface area (Å²) in [6, 6.07) is 16.7. The van der Waals surface area contributed by atoms with Gasteiger partial charge in [0, 0.05) is 34.3 Å². The third-order valence-corrected chi connectivity index (χ3v) is 5.70. The highest BCUT2D eigenvalue weighted by Crippen LogP contribution is 2.34. The molecule has 9 heteroatoms. The van der Waals surface area contributed by atoms with Crippen molar-refractivity contribution in [2.75, 3.05) is 5.73 Å². The lowest BCUT2D eigenvalue weighted by Crippen LogP contribution is -2.29. The zero-order valence-corrected chi connectivity index (χ0v) is 18.1. The van der Waals surface area contributed by atoms with Gasteiger partial charge in [0.15, 0.2) is 5.82 Å². The van der Waals surface area contributed by atoms with Gasteiger partial charge in [-0.15, -0.1) is 0 Å². The minimum Gasteiger partial charge on any atom is -0.382 e. The van der Waals surface area contributed by atoms with Crippen LogP contribution in [0.4, 0.5) is 10.2 Å². The lowest BCUT2D eigenvalue weighted by atomic mass is 9.97. The van der Waals surface area contributed by atoms with Crippen LogP contribution in [0.15, 0.2) is 78.0 Å². The van der Waals surface area contributed by atoms with Gasteiger partial charge in [-0.2, -0.15) is 5.10 Å². The number of nitrogens with zero attached hydrogens (tertiary/aromatic N) is 4. The maximum atomic E-state index is 15.4. The Morgan fingerprint density at radius 3 is 2.47 bits per heavy atom. The maximum absolute atomic E-state index is 15.4. The van der Waals surface area contributed by atoms with E-state index in [4.69, 9.17) is 11.5 Å². The number of anilines is 1. The second-order valence-electron chi connectivity index (χ2n) is 7.78. The number of pyridine rings is 1. The summed E-state index contributed by atoms with van der Waals surface area (Å²) >= 11 is 0. The lowest BCUT2D eigenvalue weighted by Gasteiger charge is -2.12. The first-order valence-corrected chi connectivity index (χ1v) is 10.4. The van der Waals surface area contributed by atoms with Crippen LogP contribution in [0.25, 0.3) is 33.5 Å². The second kappa shape index (κ2) is 7.96. The van der Waals surface area contributed by atoms with Gasteiger partial charge >= 0.3 is 0 Å². The molecule has 5 rings (SSSR count). The molecule has 0 unspecified atom stereocenters. The molecule has 34 heavy (non-hydrogen) atoms. The topological polar surface area (TPSA) is 121 Å². The van der Waals surface area contributed by atoms with E-state index < -0.39 is 17.3 Å². The Balaban J connectivity index is 1.66. The van der Waals surface area contributed by atoms with Crippen molar-refractivity contribution in [3.8, 4) is 27.9 Å². The maximum Gasteiger partial charge on any atom is 0.268 e. The number of primary amides is 1. The number of hydrogen-bond acceptors (Lipinski definition) is 5. The molecule has 0 aliphatic carbocycles. The lowest BCUT2D eigenvalue weighted by molar-refractivity contribution is 0.0999. The van der Waals surface area contributed by atoms with Gasteiger partial charge in [0.1, 0.15) is 23.2 Å². The van der Waals surface area contributed by atoms with Crippen molar-refractivity contribution < 1.29 is 9.18 Å². The summed E-state index contributed by atoms with van der Waals surface area (Å²) in [5.74, 6) is -1.23. The van der Waals surface area contributed by atoms with Crippen LogP contribution in [-0.2, 0) is 0 Å². The molecule has 0 aliphatic rings. The Morgan fingerprint density at radius 2 is 1.76 bits per heavy atom. The number of aromatic nitrogens is 4. The number of para-hydroxylation sites is 1. The Labute approximate surface area is 192 Å². The monoisotopic (exact) mass is 454 g/mol. The van der Waals surface area contributed by atoms with E-state index in [1.807, 2.05) is 13.0 Å². The molecule has 0 bridgehead atoms. The van der Waals surface area contributed by atoms with Gasteiger partial charge < -0.3 is 11.5 Å². The molecule has 0 atom stereocenters. The summed E-state index contributed by atoms with van der Waals surface area (Å²) < 4.78 is 18.3. The van der Waals surface area contributed by atoms with Crippen molar-refractivity contribution in [2.24, 2.45) is 5.73 Å². The summed E-state index contributed by atoms with van der Waals surface area (Å²) in [5, 5.41) is 4.17. The molecule has 4 N–H and O–H groups in total. The van der Waals surface area contributed by atoms with Gasteiger partial charge in [0.05, 0.1) is 0 Å². The molecule has 0 saturated heterocycles. The van der Waals surface area contributed by atoms with E-state index in [0.29, 0.717) is 22.3 Å². The number of nitrogen functional groups attached to an aromatic ring is 1. The quantitative estimate of drug-likeness (QED) is 0.431. The average Bonchev–Trinajstić information content (AvgIpc) is 3.16. The van der Waals surface area contributed by atoms with E-state index in [1.165, 1.54) is 23.2 Å². The number of benzene rings is 2. The molecule has 168 valence electrons. The molecule has 0 aliphatic heterocycles. The minimum absolute atomic E-state index is 0.221. The number of hydrogen-bond donors (Lipinski definition) is 2. The van der Waals surface area contributed by atoms with Crippen molar-refractivity contribution in [2.45, 2.75) is 6.92 Å². The Kier molecular flexibility index (Phi) is 4.94. The van der Waals surface area contributed by atoms with Crippen LogP contribution in [0.5, 0.6) is 0 Å². The molecular weight excluding hydrogens is 435 g/mol. The Morgan fingerprint density at radius 1 is 1.00 bits per heavy atom. The Bertz CT molecular complexity index is 1640. The van der Waals surface area contributed by atoms with Gasteiger partial charge in [-0.3, -0.25) is 14.2 Å². The number of nitrogens with two attached hydrogens (primary N) is 2. The normalized spacial score (nSPS) is 11.1. The number of carbonyl (C=O) groups is 1. The van der Waals surface area contributed by atoms with Gasteiger partial charge in [-0.25, -0.2) is 13.9 Å². The van der Waals surface area contributed by atoms with Crippen molar-refractivity contribution in [3.63, 3.8) is 0 Å². The SMILES string of the molecule is Cc1cc(-c2ccc(-c3ccn(-c4ccccc4)c(=O)c3C(N)=O)cc2F)c2c(N)ncnn12. The van der Waals surface area contributed by atoms with Gasteiger partial charge in [0.25, 0.3) is 11.5 Å². The fourth-order valence-electron chi connectivity index (χ4n) is 4.14. The molecule has 8 nitrogen and oxygen atoms in total. The van der Waals surface area contributed by atoms with Gasteiger partial charge in [0.2, 0.25) is 0 Å². The number of amides is 1. The summed E-state index contributed by atoms with van der Waals surface area (Å²) in [5.41, 5.74) is 14.0. The van der Waals surface area contributed by atoms with E-state index >= 15 is 4.39 Å². The van der Waals surface area contributed by atoms with Crippen molar-refractivity contribution in [3.05, 3.63) is 101 Å². The fourth-order valence-corrected chi connectivity index (χ4v) is 4.14. The van der Waals surface area contributed by atoms with E-state index in [2.05, 4.69) is 10.1 Å². The summed E-state index contributed by atoms with van der Waals surface area (Å²) in [7, 11) is 0. The van der Waals surface area contributed by atoms with Crippen LogP contribution < -0.4 is 17.0 Å². The van der Waals surface area contributed by atoms with Crippen LogP contribution >= 0.6 is 0 Å². The summed E-state index contributed by atoms with van der Waals surface area (Å²) in [6.07, 6.45) is 2.87. The highest BCUT2D eigenvalue weighted by atomic mass is 19.1. The van der Waals surface area contributed by atoms with Crippen molar-refractivity contribution in [1.82, 2.24) is 19.2 Å². The Hall–Kier alpha value is -4.79. The van der Waals surface area contributed by atoms with Crippen LogP contribution in [0, 0.1) is 12.7 Å². The first-order chi connectivity index (χ1) is 16.4. The van der Waals surface area contributed by atoms with Crippen molar-refractivity contribution in [1.29, 1.82) is 0 Å². The van der Waals surface area contributed by atoms with E-state index in [-0.39, 0.29) is 22.5 Å². The molecule has 3 heterocycles. The van der Waals surface area contributed by atoms with E-state index in [9.17, 15) is 9.59 Å². The number of fused-ring (bicyclic) bond motifs is 1. The van der Waals surface area contributed by atoms with E-state index in [0.717, 1.165) is 5.69 Å². The largest absolute Gasteiger partial charge is 0.382 e. The fraction of sp³-hybridized carbons (Fsp3) is 0.0400. The molecule has 0 radical (unpaired) electrons. The molecule has 0 spiro atoms. The number of rotatable bonds is 4. The van der Waals surface area contributed by atoms with Crippen LogP contribution in [0.2, 0.25) is 0 Å². The molecule has 2 aromatic carbocycles. The number of carbonyl (C=O) groups excluding carboxylic acids is 1. The zero-order valence-electron chi connectivity index (χ0n) is 18.1. The van der Waals surface area contributed by atoms with Crippen LogP contribution in [0.1, 0.15) is 16.1 Å². The third-order valence-electron chi connectivity index (χ3n) is 5.70. The average molecular weight is 454 g/mol. The molecule has 0 fully saturated rings. The molecule has 1 amide bonds. The number of halogens is 1. The van der Waals surface area contributed by atoms with Crippen molar-refractivity contribution >= 4 is 17.2 Å².